The molecule has 3 rings (SSSR count). The number of anilines is 2. The summed E-state index contributed by atoms with van der Waals surface area (Å²) in [5.74, 6) is 1.29. The summed E-state index contributed by atoms with van der Waals surface area (Å²) in [6.45, 7) is 0.741. The highest BCUT2D eigenvalue weighted by molar-refractivity contribution is 5.83. The van der Waals surface area contributed by atoms with Gasteiger partial charge in [-0.1, -0.05) is 6.07 Å². The summed E-state index contributed by atoms with van der Waals surface area (Å²) in [4.78, 5) is 20.2. The lowest BCUT2D eigenvalue weighted by Crippen LogP contribution is -2.09. The fraction of sp³-hybridized carbons (Fsp3) is 0.231. The van der Waals surface area contributed by atoms with Gasteiger partial charge in [-0.3, -0.25) is 4.98 Å². The van der Waals surface area contributed by atoms with E-state index in [4.69, 9.17) is 0 Å². The van der Waals surface area contributed by atoms with Gasteiger partial charge in [-0.2, -0.15) is 9.97 Å². The van der Waals surface area contributed by atoms with Crippen LogP contribution in [0.1, 0.15) is 5.69 Å². The van der Waals surface area contributed by atoms with Gasteiger partial charge in [0.2, 0.25) is 5.95 Å². The van der Waals surface area contributed by atoms with Gasteiger partial charge >= 0.3 is 0 Å². The fourth-order valence-electron chi connectivity index (χ4n) is 1.93. The molecule has 0 saturated heterocycles. The van der Waals surface area contributed by atoms with E-state index < -0.39 is 0 Å². The van der Waals surface area contributed by atoms with Gasteiger partial charge in [0.05, 0.1) is 6.33 Å². The minimum absolute atomic E-state index is 0.546. The van der Waals surface area contributed by atoms with Crippen LogP contribution in [0.25, 0.3) is 11.2 Å². The molecule has 0 atom stereocenters. The maximum Gasteiger partial charge on any atom is 0.226 e. The van der Waals surface area contributed by atoms with Crippen molar-refractivity contribution in [1.29, 1.82) is 0 Å². The van der Waals surface area contributed by atoms with Crippen LogP contribution in [-0.4, -0.2) is 38.5 Å². The van der Waals surface area contributed by atoms with Crippen LogP contribution in [0.5, 0.6) is 0 Å². The second-order valence-corrected chi connectivity index (χ2v) is 4.24. The van der Waals surface area contributed by atoms with Crippen molar-refractivity contribution in [2.24, 2.45) is 0 Å². The maximum atomic E-state index is 4.40. The summed E-state index contributed by atoms with van der Waals surface area (Å²) in [6.07, 6.45) is 4.24. The van der Waals surface area contributed by atoms with Gasteiger partial charge in [0.15, 0.2) is 11.5 Å². The molecule has 3 aromatic heterocycles. The van der Waals surface area contributed by atoms with Gasteiger partial charge in [0.1, 0.15) is 5.52 Å². The molecule has 102 valence electrons. The molecule has 0 bridgehead atoms. The second kappa shape index (κ2) is 5.52. The van der Waals surface area contributed by atoms with Gasteiger partial charge in [0.25, 0.3) is 0 Å². The lowest BCUT2D eigenvalue weighted by atomic mass is 10.3. The third-order valence-corrected chi connectivity index (χ3v) is 2.91. The van der Waals surface area contributed by atoms with Crippen molar-refractivity contribution in [3.63, 3.8) is 0 Å². The fourth-order valence-corrected chi connectivity index (χ4v) is 1.93. The first-order valence-corrected chi connectivity index (χ1v) is 6.39. The van der Waals surface area contributed by atoms with Crippen molar-refractivity contribution in [2.75, 3.05) is 24.2 Å². The quantitative estimate of drug-likeness (QED) is 0.649. The first-order valence-electron chi connectivity index (χ1n) is 6.39. The van der Waals surface area contributed by atoms with E-state index in [0.717, 1.165) is 30.0 Å². The third-order valence-electron chi connectivity index (χ3n) is 2.91. The van der Waals surface area contributed by atoms with Crippen molar-refractivity contribution in [3.05, 3.63) is 36.4 Å². The highest BCUT2D eigenvalue weighted by atomic mass is 15.2. The number of hydrogen-bond donors (Lipinski definition) is 3. The molecular weight excluding hydrogens is 254 g/mol. The molecule has 3 heterocycles. The molecule has 3 aromatic rings. The minimum atomic E-state index is 0.546. The van der Waals surface area contributed by atoms with Crippen LogP contribution in [0.2, 0.25) is 0 Å². The Kier molecular flexibility index (Phi) is 3.40. The van der Waals surface area contributed by atoms with Gasteiger partial charge in [-0.25, -0.2) is 4.98 Å². The number of fused-ring (bicyclic) bond motifs is 1. The summed E-state index contributed by atoms with van der Waals surface area (Å²) in [7, 11) is 1.78. The molecule has 3 N–H and O–H groups in total. The molecule has 0 saturated carbocycles. The monoisotopic (exact) mass is 269 g/mol. The van der Waals surface area contributed by atoms with Crippen LogP contribution >= 0.6 is 0 Å². The van der Waals surface area contributed by atoms with Gasteiger partial charge in [-0.05, 0) is 12.1 Å². The van der Waals surface area contributed by atoms with Crippen molar-refractivity contribution >= 4 is 22.9 Å². The van der Waals surface area contributed by atoms with E-state index in [1.165, 1.54) is 0 Å². The molecule has 0 aliphatic rings. The minimum Gasteiger partial charge on any atom is -0.368 e. The zero-order valence-electron chi connectivity index (χ0n) is 11.1. The largest absolute Gasteiger partial charge is 0.368 e. The number of pyridine rings is 1. The molecule has 0 radical (unpaired) electrons. The van der Waals surface area contributed by atoms with Crippen molar-refractivity contribution < 1.29 is 0 Å². The topological polar surface area (TPSA) is 91.4 Å². The van der Waals surface area contributed by atoms with Crippen molar-refractivity contribution in [1.82, 2.24) is 24.9 Å². The summed E-state index contributed by atoms with van der Waals surface area (Å²) >= 11 is 0. The normalized spacial score (nSPS) is 10.7. The van der Waals surface area contributed by atoms with E-state index in [2.05, 4.69) is 35.6 Å². The molecule has 0 amide bonds. The number of rotatable bonds is 5. The van der Waals surface area contributed by atoms with E-state index in [1.54, 1.807) is 19.6 Å². The second-order valence-electron chi connectivity index (χ2n) is 4.24. The smallest absolute Gasteiger partial charge is 0.226 e. The lowest BCUT2D eigenvalue weighted by Gasteiger charge is -2.07. The van der Waals surface area contributed by atoms with Crippen LogP contribution < -0.4 is 10.6 Å². The number of aromatic nitrogens is 5. The molecule has 0 unspecified atom stereocenters. The summed E-state index contributed by atoms with van der Waals surface area (Å²) in [5, 5.41) is 6.22. The van der Waals surface area contributed by atoms with E-state index in [0.29, 0.717) is 11.6 Å². The van der Waals surface area contributed by atoms with Gasteiger partial charge in [-0.15, -0.1) is 0 Å². The van der Waals surface area contributed by atoms with E-state index in [1.807, 2.05) is 18.2 Å². The summed E-state index contributed by atoms with van der Waals surface area (Å²) in [6, 6.07) is 5.90. The predicted molar refractivity (Wildman–Crippen MR) is 77.7 cm³/mol. The standard InChI is InChI=1S/C13H15N7/c1-14-13-19-11(10-12(20-13)18-8-17-10)16-7-5-9-4-2-3-6-15-9/h2-4,6,8H,5,7H2,1H3,(H3,14,16,17,18,19,20). The first kappa shape index (κ1) is 12.3. The number of nitrogens with one attached hydrogen (secondary N) is 3. The van der Waals surface area contributed by atoms with Crippen LogP contribution in [0.15, 0.2) is 30.7 Å². The molecule has 20 heavy (non-hydrogen) atoms. The molecule has 0 fully saturated rings. The molecule has 0 aliphatic carbocycles. The highest BCUT2D eigenvalue weighted by Gasteiger charge is 2.08. The summed E-state index contributed by atoms with van der Waals surface area (Å²) < 4.78 is 0. The Balaban J connectivity index is 1.75. The predicted octanol–water partition coefficient (Wildman–Crippen LogP) is 1.44. The number of H-pyrrole nitrogens is 1. The zero-order chi connectivity index (χ0) is 13.8. The highest BCUT2D eigenvalue weighted by Crippen LogP contribution is 2.18. The average molecular weight is 269 g/mol. The van der Waals surface area contributed by atoms with Crippen molar-refractivity contribution in [2.45, 2.75) is 6.42 Å². The van der Waals surface area contributed by atoms with Crippen LogP contribution in [-0.2, 0) is 6.42 Å². The van der Waals surface area contributed by atoms with Gasteiger partial charge < -0.3 is 15.6 Å². The van der Waals surface area contributed by atoms with E-state index in [9.17, 15) is 0 Å². The molecule has 7 nitrogen and oxygen atoms in total. The van der Waals surface area contributed by atoms with E-state index >= 15 is 0 Å². The van der Waals surface area contributed by atoms with Crippen LogP contribution in [0.3, 0.4) is 0 Å². The molecule has 0 aliphatic heterocycles. The number of aromatic amines is 1. The van der Waals surface area contributed by atoms with Crippen molar-refractivity contribution in [3.8, 4) is 0 Å². The first-order chi connectivity index (χ1) is 9.86. The summed E-state index contributed by atoms with van der Waals surface area (Å²) in [5.41, 5.74) is 2.50. The van der Waals surface area contributed by atoms with Crippen LogP contribution in [0, 0.1) is 0 Å². The van der Waals surface area contributed by atoms with E-state index in [-0.39, 0.29) is 0 Å². The van der Waals surface area contributed by atoms with Crippen LogP contribution in [0.4, 0.5) is 11.8 Å². The molecular formula is C13H15N7. The maximum absolute atomic E-state index is 4.40. The van der Waals surface area contributed by atoms with Gasteiger partial charge in [0, 0.05) is 31.9 Å². The number of hydrogen-bond acceptors (Lipinski definition) is 6. The Hall–Kier alpha value is -2.70. The number of imidazole rings is 1. The SMILES string of the molecule is CNc1nc(NCCc2ccccn2)c2[nH]cnc2n1. The molecule has 0 spiro atoms. The Morgan fingerprint density at radius 2 is 2.15 bits per heavy atom. The lowest BCUT2D eigenvalue weighted by molar-refractivity contribution is 0.954. The molecule has 7 heteroatoms. The number of nitrogens with zero attached hydrogens (tertiary/aromatic N) is 4. The molecule has 0 aromatic carbocycles. The Morgan fingerprint density at radius 1 is 1.20 bits per heavy atom. The Bertz CT molecular complexity index is 692. The Morgan fingerprint density at radius 3 is 2.95 bits per heavy atom. The zero-order valence-corrected chi connectivity index (χ0v) is 11.1. The Labute approximate surface area is 115 Å². The average Bonchev–Trinajstić information content (AvgIpc) is 2.96. The third kappa shape index (κ3) is 2.51.